The number of ether oxygens (including phenoxy) is 2. The maximum Gasteiger partial charge on any atom is 0.348 e. The maximum atomic E-state index is 12.2. The Bertz CT molecular complexity index is 1060. The van der Waals surface area contributed by atoms with Crippen LogP contribution in [0.5, 0.6) is 5.75 Å². The lowest BCUT2D eigenvalue weighted by Gasteiger charge is -2.18. The molecule has 1 heterocycles. The molecule has 0 saturated carbocycles. The molecule has 0 bridgehead atoms. The van der Waals surface area contributed by atoms with E-state index < -0.39 is 5.69 Å². The molecule has 3 rings (SSSR count). The van der Waals surface area contributed by atoms with Crippen molar-refractivity contribution >= 4 is 11.6 Å². The first-order valence-corrected chi connectivity index (χ1v) is 10.1. The number of H-pyrrole nitrogens is 1. The fraction of sp³-hybridized carbons (Fsp3) is 0.348. The van der Waals surface area contributed by atoms with Crippen LogP contribution >= 0.6 is 11.6 Å². The summed E-state index contributed by atoms with van der Waals surface area (Å²) in [5.74, 6) is 1.46. The molecule has 0 fully saturated rings. The quantitative estimate of drug-likeness (QED) is 0.587. The standard InChI is InChI=1S/C23H26ClN3O3/c1-23(2,3)14-30-17-8-6-16(7-9-17)20-25-21(27-22(28)26-20)18-13-15(11-12-29-4)5-10-19(18)24/h5-10,13H,11-12,14H2,1-4H3,(H,25,26,27,28). The number of benzene rings is 2. The molecule has 30 heavy (non-hydrogen) atoms. The summed E-state index contributed by atoms with van der Waals surface area (Å²) < 4.78 is 10.9. The van der Waals surface area contributed by atoms with Crippen molar-refractivity contribution in [1.29, 1.82) is 0 Å². The average molecular weight is 428 g/mol. The second kappa shape index (κ2) is 9.41. The largest absolute Gasteiger partial charge is 0.493 e. The lowest BCUT2D eigenvalue weighted by molar-refractivity contribution is 0.198. The van der Waals surface area contributed by atoms with Crippen molar-refractivity contribution in [3.8, 4) is 28.5 Å². The lowest BCUT2D eigenvalue weighted by atomic mass is 9.99. The molecule has 0 saturated heterocycles. The second-order valence-electron chi connectivity index (χ2n) is 8.26. The van der Waals surface area contributed by atoms with Gasteiger partial charge < -0.3 is 9.47 Å². The summed E-state index contributed by atoms with van der Waals surface area (Å²) in [6.45, 7) is 7.54. The zero-order chi connectivity index (χ0) is 21.7. The predicted octanol–water partition coefficient (Wildman–Crippen LogP) is 4.77. The number of halogens is 1. The van der Waals surface area contributed by atoms with E-state index in [4.69, 9.17) is 21.1 Å². The number of hydrogen-bond acceptors (Lipinski definition) is 5. The van der Waals surface area contributed by atoms with E-state index in [1.165, 1.54) is 0 Å². The number of aromatic amines is 1. The van der Waals surface area contributed by atoms with Gasteiger partial charge in [-0.1, -0.05) is 38.4 Å². The van der Waals surface area contributed by atoms with Crippen LogP contribution in [0.2, 0.25) is 5.02 Å². The van der Waals surface area contributed by atoms with Crippen molar-refractivity contribution in [1.82, 2.24) is 15.0 Å². The molecule has 1 aromatic heterocycles. The van der Waals surface area contributed by atoms with Gasteiger partial charge in [0.05, 0.1) is 18.2 Å². The summed E-state index contributed by atoms with van der Waals surface area (Å²) >= 11 is 6.38. The minimum absolute atomic E-state index is 0.0699. The van der Waals surface area contributed by atoms with Gasteiger partial charge in [-0.3, -0.25) is 4.98 Å². The van der Waals surface area contributed by atoms with Gasteiger partial charge in [0.2, 0.25) is 0 Å². The van der Waals surface area contributed by atoms with E-state index in [2.05, 4.69) is 35.7 Å². The minimum Gasteiger partial charge on any atom is -0.493 e. The van der Waals surface area contributed by atoms with Crippen molar-refractivity contribution in [2.45, 2.75) is 27.2 Å². The normalized spacial score (nSPS) is 11.5. The van der Waals surface area contributed by atoms with Gasteiger partial charge >= 0.3 is 5.69 Å². The monoisotopic (exact) mass is 427 g/mol. The number of nitrogens with zero attached hydrogens (tertiary/aromatic N) is 2. The van der Waals surface area contributed by atoms with Gasteiger partial charge in [-0.05, 0) is 53.8 Å². The van der Waals surface area contributed by atoms with E-state index >= 15 is 0 Å². The highest BCUT2D eigenvalue weighted by Crippen LogP contribution is 2.28. The Morgan fingerprint density at radius 3 is 2.47 bits per heavy atom. The molecule has 0 aliphatic carbocycles. The third-order valence-electron chi connectivity index (χ3n) is 4.32. The van der Waals surface area contributed by atoms with E-state index in [0.717, 1.165) is 23.3 Å². The topological polar surface area (TPSA) is 77.1 Å². The van der Waals surface area contributed by atoms with Gasteiger partial charge in [0.1, 0.15) is 11.6 Å². The van der Waals surface area contributed by atoms with Crippen LogP contribution in [0, 0.1) is 5.41 Å². The van der Waals surface area contributed by atoms with Crippen LogP contribution in [0.15, 0.2) is 47.3 Å². The molecule has 1 N–H and O–H groups in total. The first-order valence-electron chi connectivity index (χ1n) is 9.74. The Labute approximate surface area is 181 Å². The van der Waals surface area contributed by atoms with Crippen LogP contribution in [0.3, 0.4) is 0 Å². The fourth-order valence-corrected chi connectivity index (χ4v) is 2.98. The Morgan fingerprint density at radius 1 is 1.07 bits per heavy atom. The summed E-state index contributed by atoms with van der Waals surface area (Å²) in [6, 6.07) is 13.0. The van der Waals surface area contributed by atoms with Gasteiger partial charge in [-0.25, -0.2) is 9.78 Å². The van der Waals surface area contributed by atoms with Crippen molar-refractivity contribution in [2.24, 2.45) is 5.41 Å². The molecule has 158 valence electrons. The van der Waals surface area contributed by atoms with Gasteiger partial charge in [0.15, 0.2) is 5.82 Å². The van der Waals surface area contributed by atoms with Crippen LogP contribution in [0.4, 0.5) is 0 Å². The molecule has 0 aliphatic heterocycles. The third-order valence-corrected chi connectivity index (χ3v) is 4.65. The van der Waals surface area contributed by atoms with Crippen molar-refractivity contribution in [2.75, 3.05) is 20.3 Å². The fourth-order valence-electron chi connectivity index (χ4n) is 2.77. The number of methoxy groups -OCH3 is 1. The molecular weight excluding hydrogens is 402 g/mol. The van der Waals surface area contributed by atoms with Crippen LogP contribution in [0.1, 0.15) is 26.3 Å². The molecule has 2 aromatic carbocycles. The van der Waals surface area contributed by atoms with Crippen molar-refractivity contribution in [3.05, 3.63) is 63.5 Å². The second-order valence-corrected chi connectivity index (χ2v) is 8.66. The molecule has 0 aliphatic rings. The van der Waals surface area contributed by atoms with Crippen LogP contribution < -0.4 is 10.4 Å². The van der Waals surface area contributed by atoms with E-state index in [1.54, 1.807) is 13.2 Å². The molecule has 3 aromatic rings. The van der Waals surface area contributed by atoms with E-state index in [0.29, 0.717) is 35.4 Å². The van der Waals surface area contributed by atoms with Crippen molar-refractivity contribution < 1.29 is 9.47 Å². The summed E-state index contributed by atoms with van der Waals surface area (Å²) in [7, 11) is 1.66. The van der Waals surface area contributed by atoms with E-state index in [9.17, 15) is 4.79 Å². The van der Waals surface area contributed by atoms with Gasteiger partial charge in [0, 0.05) is 18.2 Å². The Morgan fingerprint density at radius 2 is 1.80 bits per heavy atom. The van der Waals surface area contributed by atoms with Crippen LogP contribution in [-0.4, -0.2) is 35.3 Å². The van der Waals surface area contributed by atoms with Crippen LogP contribution in [0.25, 0.3) is 22.8 Å². The van der Waals surface area contributed by atoms with E-state index in [1.807, 2.05) is 36.4 Å². The molecule has 0 spiro atoms. The Kier molecular flexibility index (Phi) is 6.90. The molecule has 7 heteroatoms. The zero-order valence-corrected chi connectivity index (χ0v) is 18.4. The van der Waals surface area contributed by atoms with Gasteiger partial charge in [-0.15, -0.1) is 0 Å². The molecule has 0 unspecified atom stereocenters. The smallest absolute Gasteiger partial charge is 0.348 e. The third kappa shape index (κ3) is 5.90. The molecule has 0 amide bonds. The Balaban J connectivity index is 1.90. The first-order chi connectivity index (χ1) is 14.2. The number of rotatable bonds is 7. The highest BCUT2D eigenvalue weighted by atomic mass is 35.5. The molecule has 0 atom stereocenters. The predicted molar refractivity (Wildman–Crippen MR) is 119 cm³/mol. The molecule has 0 radical (unpaired) electrons. The molecular formula is C23H26ClN3O3. The maximum absolute atomic E-state index is 12.2. The number of hydrogen-bond donors (Lipinski definition) is 1. The molecule has 6 nitrogen and oxygen atoms in total. The highest BCUT2D eigenvalue weighted by Gasteiger charge is 2.13. The highest BCUT2D eigenvalue weighted by molar-refractivity contribution is 6.33. The van der Waals surface area contributed by atoms with E-state index in [-0.39, 0.29) is 5.41 Å². The van der Waals surface area contributed by atoms with Gasteiger partial charge in [0.25, 0.3) is 0 Å². The van der Waals surface area contributed by atoms with Crippen molar-refractivity contribution in [3.63, 3.8) is 0 Å². The Hall–Kier alpha value is -2.70. The SMILES string of the molecule is COCCc1ccc(Cl)c(-c2nc(-c3ccc(OCC(C)(C)C)cc3)nc(=O)[nH]2)c1. The summed E-state index contributed by atoms with van der Waals surface area (Å²) in [6.07, 6.45) is 0.735. The lowest BCUT2D eigenvalue weighted by Crippen LogP contribution is -2.16. The zero-order valence-electron chi connectivity index (χ0n) is 17.7. The summed E-state index contributed by atoms with van der Waals surface area (Å²) in [4.78, 5) is 23.5. The summed E-state index contributed by atoms with van der Waals surface area (Å²) in [5, 5.41) is 0.502. The van der Waals surface area contributed by atoms with Gasteiger partial charge in [-0.2, -0.15) is 4.98 Å². The first kappa shape index (κ1) is 22.0. The summed E-state index contributed by atoms with van der Waals surface area (Å²) in [5.41, 5.74) is 1.99. The minimum atomic E-state index is -0.485. The number of nitrogens with one attached hydrogen (secondary N) is 1. The average Bonchev–Trinajstić information content (AvgIpc) is 2.71. The number of aromatic nitrogens is 3. The van der Waals surface area contributed by atoms with Crippen LogP contribution in [-0.2, 0) is 11.2 Å².